The molecule has 9 heteroatoms. The van der Waals surface area contributed by atoms with Crippen LogP contribution in [0, 0.1) is 0 Å². The van der Waals surface area contributed by atoms with Gasteiger partial charge < -0.3 is 0 Å². The second kappa shape index (κ2) is 8.15. The molecule has 2 aromatic heterocycles. The molecule has 6 nitrogen and oxygen atoms in total. The van der Waals surface area contributed by atoms with E-state index < -0.39 is 0 Å². The Morgan fingerprint density at radius 3 is 2.19 bits per heavy atom. The van der Waals surface area contributed by atoms with Crippen LogP contribution in [0.4, 0.5) is 0 Å². The maximum absolute atomic E-state index is 6.27. The van der Waals surface area contributed by atoms with Crippen LogP contribution < -0.4 is 0 Å². The first-order valence-corrected chi connectivity index (χ1v) is 10.4. The molecule has 3 aromatic carbocycles. The predicted octanol–water partition coefficient (Wildman–Crippen LogP) is 6.14. The summed E-state index contributed by atoms with van der Waals surface area (Å²) >= 11 is 18.4. The first kappa shape index (κ1) is 19.8. The van der Waals surface area contributed by atoms with Crippen LogP contribution in [0.5, 0.6) is 0 Å². The van der Waals surface area contributed by atoms with Gasteiger partial charge in [-0.05, 0) is 52.9 Å². The summed E-state index contributed by atoms with van der Waals surface area (Å²) in [5.74, 6) is 0.549. The van der Waals surface area contributed by atoms with Gasteiger partial charge in [-0.25, -0.2) is 4.68 Å². The molecule has 0 unspecified atom stereocenters. The molecular weight excluding hydrogens is 455 g/mol. The summed E-state index contributed by atoms with van der Waals surface area (Å²) < 4.78 is 3.45. The molecule has 31 heavy (non-hydrogen) atoms. The summed E-state index contributed by atoms with van der Waals surface area (Å²) in [5.41, 5.74) is 4.09. The van der Waals surface area contributed by atoms with Gasteiger partial charge in [0.15, 0.2) is 5.82 Å². The van der Waals surface area contributed by atoms with Crippen LogP contribution in [0.15, 0.2) is 79.0 Å². The third kappa shape index (κ3) is 3.70. The molecule has 5 rings (SSSR count). The van der Waals surface area contributed by atoms with E-state index in [0.717, 1.165) is 28.2 Å². The first-order valence-electron chi connectivity index (χ1n) is 9.25. The molecule has 0 N–H and O–H groups in total. The molecule has 0 radical (unpaired) electrons. The van der Waals surface area contributed by atoms with Crippen molar-refractivity contribution in [2.45, 2.75) is 0 Å². The average molecular weight is 468 g/mol. The van der Waals surface area contributed by atoms with Crippen LogP contribution in [0.1, 0.15) is 0 Å². The fourth-order valence-corrected chi connectivity index (χ4v) is 3.73. The quantitative estimate of drug-likeness (QED) is 0.318. The number of tetrazole rings is 1. The molecule has 5 aromatic rings. The standard InChI is InChI=1S/C22H13Cl3N6/c23-15-6-8-16(9-7-15)31-22(27-28-29-31)18-13-26-30(17-10-11-19(24)20(25)12-17)21(18)14-4-2-1-3-5-14/h1-13H. The van der Waals surface area contributed by atoms with Crippen LogP contribution >= 0.6 is 34.8 Å². The topological polar surface area (TPSA) is 61.4 Å². The summed E-state index contributed by atoms with van der Waals surface area (Å²) in [6.07, 6.45) is 1.74. The minimum Gasteiger partial charge on any atom is -0.232 e. The van der Waals surface area contributed by atoms with E-state index in [0.29, 0.717) is 20.9 Å². The van der Waals surface area contributed by atoms with Gasteiger partial charge >= 0.3 is 0 Å². The summed E-state index contributed by atoms with van der Waals surface area (Å²) in [6.45, 7) is 0. The van der Waals surface area contributed by atoms with Crippen molar-refractivity contribution in [3.05, 3.63) is 94.1 Å². The molecule has 0 aliphatic heterocycles. The van der Waals surface area contributed by atoms with E-state index in [9.17, 15) is 0 Å². The van der Waals surface area contributed by atoms with Crippen LogP contribution in [-0.4, -0.2) is 30.0 Å². The maximum Gasteiger partial charge on any atom is 0.190 e. The number of benzene rings is 3. The van der Waals surface area contributed by atoms with Crippen LogP contribution in [0.2, 0.25) is 15.1 Å². The Hall–Kier alpha value is -3.19. The Kier molecular flexibility index (Phi) is 5.19. The zero-order valence-corrected chi connectivity index (χ0v) is 18.1. The number of hydrogen-bond acceptors (Lipinski definition) is 4. The maximum atomic E-state index is 6.27. The zero-order valence-electron chi connectivity index (χ0n) is 15.8. The fourth-order valence-electron chi connectivity index (χ4n) is 3.31. The Bertz CT molecular complexity index is 1360. The van der Waals surface area contributed by atoms with Gasteiger partial charge in [0.25, 0.3) is 0 Å². The van der Waals surface area contributed by atoms with Crippen molar-refractivity contribution in [2.24, 2.45) is 0 Å². The minimum absolute atomic E-state index is 0.446. The van der Waals surface area contributed by atoms with Crippen molar-refractivity contribution in [3.63, 3.8) is 0 Å². The predicted molar refractivity (Wildman–Crippen MR) is 122 cm³/mol. The van der Waals surface area contributed by atoms with Crippen LogP contribution in [0.25, 0.3) is 34.0 Å². The summed E-state index contributed by atoms with van der Waals surface area (Å²) in [6, 6.07) is 22.6. The van der Waals surface area contributed by atoms with Gasteiger partial charge in [-0.1, -0.05) is 65.1 Å². The molecular formula is C22H13Cl3N6. The van der Waals surface area contributed by atoms with Gasteiger partial charge in [-0.2, -0.15) is 9.78 Å². The summed E-state index contributed by atoms with van der Waals surface area (Å²) in [4.78, 5) is 0. The first-order chi connectivity index (χ1) is 15.1. The molecule has 0 saturated heterocycles. The zero-order chi connectivity index (χ0) is 21.4. The highest BCUT2D eigenvalue weighted by atomic mass is 35.5. The van der Waals surface area contributed by atoms with E-state index in [1.54, 1.807) is 39.8 Å². The van der Waals surface area contributed by atoms with E-state index in [2.05, 4.69) is 20.6 Å². The molecule has 0 atom stereocenters. The van der Waals surface area contributed by atoms with E-state index in [1.807, 2.05) is 48.5 Å². The highest BCUT2D eigenvalue weighted by molar-refractivity contribution is 6.42. The lowest BCUT2D eigenvalue weighted by Crippen LogP contribution is -2.02. The van der Waals surface area contributed by atoms with E-state index in [1.165, 1.54) is 0 Å². The third-order valence-electron chi connectivity index (χ3n) is 4.75. The van der Waals surface area contributed by atoms with Crippen LogP contribution in [-0.2, 0) is 0 Å². The molecule has 0 aliphatic carbocycles. The lowest BCUT2D eigenvalue weighted by molar-refractivity contribution is 0.791. The van der Waals surface area contributed by atoms with Gasteiger partial charge in [0.2, 0.25) is 0 Å². The van der Waals surface area contributed by atoms with Gasteiger partial charge in [0.1, 0.15) is 0 Å². The van der Waals surface area contributed by atoms with E-state index >= 15 is 0 Å². The van der Waals surface area contributed by atoms with Gasteiger partial charge in [-0.15, -0.1) is 5.10 Å². The summed E-state index contributed by atoms with van der Waals surface area (Å²) in [7, 11) is 0. The molecule has 152 valence electrons. The SMILES string of the molecule is Clc1ccc(-n2nnnc2-c2cnn(-c3ccc(Cl)c(Cl)c3)c2-c2ccccc2)cc1. The fraction of sp³-hybridized carbons (Fsp3) is 0. The average Bonchev–Trinajstić information content (AvgIpc) is 3.44. The van der Waals surface area contributed by atoms with Crippen molar-refractivity contribution in [2.75, 3.05) is 0 Å². The lowest BCUT2D eigenvalue weighted by Gasteiger charge is -2.11. The number of nitrogens with zero attached hydrogens (tertiary/aromatic N) is 6. The van der Waals surface area contributed by atoms with Crippen molar-refractivity contribution in [1.82, 2.24) is 30.0 Å². The number of halogens is 3. The molecule has 0 fully saturated rings. The molecule has 0 aliphatic rings. The Labute approximate surface area is 192 Å². The van der Waals surface area contributed by atoms with Crippen molar-refractivity contribution >= 4 is 34.8 Å². The van der Waals surface area contributed by atoms with E-state index in [4.69, 9.17) is 34.8 Å². The number of hydrogen-bond donors (Lipinski definition) is 0. The second-order valence-electron chi connectivity index (χ2n) is 6.67. The molecule has 0 amide bonds. The second-order valence-corrected chi connectivity index (χ2v) is 7.92. The van der Waals surface area contributed by atoms with Crippen LogP contribution in [0.3, 0.4) is 0 Å². The molecule has 0 saturated carbocycles. The van der Waals surface area contributed by atoms with Crippen molar-refractivity contribution < 1.29 is 0 Å². The number of rotatable bonds is 4. The van der Waals surface area contributed by atoms with Crippen molar-refractivity contribution in [1.29, 1.82) is 0 Å². The van der Waals surface area contributed by atoms with Gasteiger partial charge in [0.05, 0.1) is 38.9 Å². The van der Waals surface area contributed by atoms with Gasteiger partial charge in [0, 0.05) is 10.6 Å². The highest BCUT2D eigenvalue weighted by Crippen LogP contribution is 2.35. The molecule has 0 spiro atoms. The summed E-state index contributed by atoms with van der Waals surface area (Å²) in [5, 5.41) is 18.5. The Balaban J connectivity index is 1.73. The number of aromatic nitrogens is 6. The molecule has 2 heterocycles. The highest BCUT2D eigenvalue weighted by Gasteiger charge is 2.21. The normalized spacial score (nSPS) is 11.1. The van der Waals surface area contributed by atoms with Gasteiger partial charge in [-0.3, -0.25) is 0 Å². The Morgan fingerprint density at radius 2 is 1.45 bits per heavy atom. The monoisotopic (exact) mass is 466 g/mol. The Morgan fingerprint density at radius 1 is 0.710 bits per heavy atom. The third-order valence-corrected chi connectivity index (χ3v) is 5.74. The molecule has 0 bridgehead atoms. The smallest absolute Gasteiger partial charge is 0.190 e. The largest absolute Gasteiger partial charge is 0.232 e. The lowest BCUT2D eigenvalue weighted by atomic mass is 10.1. The van der Waals surface area contributed by atoms with Crippen molar-refractivity contribution in [3.8, 4) is 34.0 Å². The van der Waals surface area contributed by atoms with E-state index in [-0.39, 0.29) is 0 Å². The minimum atomic E-state index is 0.446.